The van der Waals surface area contributed by atoms with E-state index in [1.54, 1.807) is 24.3 Å². The van der Waals surface area contributed by atoms with Gasteiger partial charge in [-0.1, -0.05) is 23.7 Å². The molecule has 0 aliphatic rings. The van der Waals surface area contributed by atoms with E-state index in [2.05, 4.69) is 5.32 Å². The number of rotatable bonds is 5. The van der Waals surface area contributed by atoms with Gasteiger partial charge in [0.25, 0.3) is 0 Å². The minimum absolute atomic E-state index is 0.0371. The van der Waals surface area contributed by atoms with E-state index in [0.717, 1.165) is 5.56 Å². The lowest BCUT2D eigenvalue weighted by molar-refractivity contribution is -0.121. The van der Waals surface area contributed by atoms with Gasteiger partial charge >= 0.3 is 0 Å². The van der Waals surface area contributed by atoms with E-state index < -0.39 is 11.7 Å². The van der Waals surface area contributed by atoms with E-state index in [1.165, 1.54) is 18.2 Å². The van der Waals surface area contributed by atoms with Crippen LogP contribution in [0.5, 0.6) is 0 Å². The highest BCUT2D eigenvalue weighted by atomic mass is 35.5. The fourth-order valence-electron chi connectivity index (χ4n) is 1.67. The van der Waals surface area contributed by atoms with Crippen molar-refractivity contribution >= 4 is 28.9 Å². The van der Waals surface area contributed by atoms with Crippen molar-refractivity contribution in [2.24, 2.45) is 0 Å². The van der Waals surface area contributed by atoms with Gasteiger partial charge < -0.3 is 15.8 Å². The van der Waals surface area contributed by atoms with Crippen LogP contribution in [0.25, 0.3) is 0 Å². The normalized spacial score (nSPS) is 10.4. The molecule has 0 aliphatic heterocycles. The molecular formula is C15H14ClFN2O2. The van der Waals surface area contributed by atoms with Crippen LogP contribution in [-0.2, 0) is 16.1 Å². The summed E-state index contributed by atoms with van der Waals surface area (Å²) >= 11 is 5.76. The van der Waals surface area contributed by atoms with Crippen LogP contribution in [0.15, 0.2) is 42.5 Å². The molecule has 0 saturated heterocycles. The van der Waals surface area contributed by atoms with Crippen LogP contribution in [0.4, 0.5) is 15.8 Å². The molecule has 0 bridgehead atoms. The van der Waals surface area contributed by atoms with Crippen LogP contribution < -0.4 is 11.1 Å². The van der Waals surface area contributed by atoms with E-state index in [9.17, 15) is 9.18 Å². The molecule has 110 valence electrons. The molecule has 0 heterocycles. The van der Waals surface area contributed by atoms with Gasteiger partial charge in [0.05, 0.1) is 12.3 Å². The highest BCUT2D eigenvalue weighted by molar-refractivity contribution is 6.30. The fraction of sp³-hybridized carbons (Fsp3) is 0.133. The number of benzene rings is 2. The zero-order chi connectivity index (χ0) is 15.2. The summed E-state index contributed by atoms with van der Waals surface area (Å²) in [6.07, 6.45) is 0. The second-order valence-corrected chi connectivity index (χ2v) is 4.84. The largest absolute Gasteiger partial charge is 0.399 e. The van der Waals surface area contributed by atoms with Crippen molar-refractivity contribution < 1.29 is 13.9 Å². The van der Waals surface area contributed by atoms with Crippen molar-refractivity contribution in [1.29, 1.82) is 0 Å². The molecule has 2 aromatic carbocycles. The molecule has 3 N–H and O–H groups in total. The Bertz CT molecular complexity index is 632. The number of carbonyl (C=O) groups is 1. The SMILES string of the molecule is Nc1ccc(F)c(NC(=O)COCc2ccc(Cl)cc2)c1. The van der Waals surface area contributed by atoms with Gasteiger partial charge in [-0.05, 0) is 35.9 Å². The summed E-state index contributed by atoms with van der Waals surface area (Å²) in [5, 5.41) is 3.04. The lowest BCUT2D eigenvalue weighted by atomic mass is 10.2. The van der Waals surface area contributed by atoms with Crippen LogP contribution >= 0.6 is 11.6 Å². The highest BCUT2D eigenvalue weighted by Crippen LogP contribution is 2.17. The minimum Gasteiger partial charge on any atom is -0.399 e. The van der Waals surface area contributed by atoms with Crippen LogP contribution in [-0.4, -0.2) is 12.5 Å². The molecule has 0 spiro atoms. The summed E-state index contributed by atoms with van der Waals surface area (Å²) in [5.41, 5.74) is 6.83. The number of ether oxygens (including phenoxy) is 1. The maximum atomic E-state index is 13.4. The zero-order valence-electron chi connectivity index (χ0n) is 11.1. The van der Waals surface area contributed by atoms with Crippen molar-refractivity contribution in [2.75, 3.05) is 17.7 Å². The molecule has 0 radical (unpaired) electrons. The first kappa shape index (κ1) is 15.3. The second kappa shape index (κ2) is 7.06. The number of hydrogen-bond donors (Lipinski definition) is 2. The van der Waals surface area contributed by atoms with Gasteiger partial charge in [0, 0.05) is 10.7 Å². The van der Waals surface area contributed by atoms with Gasteiger partial charge in [-0.3, -0.25) is 4.79 Å². The molecule has 1 amide bonds. The summed E-state index contributed by atoms with van der Waals surface area (Å²) in [7, 11) is 0. The standard InChI is InChI=1S/C15H14ClFN2O2/c16-11-3-1-10(2-4-11)8-21-9-15(20)19-14-7-12(18)5-6-13(14)17/h1-7H,8-9,18H2,(H,19,20). The van der Waals surface area contributed by atoms with Crippen molar-refractivity contribution in [3.63, 3.8) is 0 Å². The Morgan fingerprint density at radius 3 is 2.67 bits per heavy atom. The van der Waals surface area contributed by atoms with Gasteiger partial charge in [-0.15, -0.1) is 0 Å². The van der Waals surface area contributed by atoms with Crippen molar-refractivity contribution in [1.82, 2.24) is 0 Å². The number of amides is 1. The third kappa shape index (κ3) is 4.73. The van der Waals surface area contributed by atoms with Crippen LogP contribution in [0.2, 0.25) is 5.02 Å². The average molecular weight is 309 g/mol. The minimum atomic E-state index is -0.546. The van der Waals surface area contributed by atoms with Gasteiger partial charge in [0.1, 0.15) is 12.4 Å². The van der Waals surface area contributed by atoms with E-state index in [0.29, 0.717) is 10.7 Å². The van der Waals surface area contributed by atoms with E-state index in [1.807, 2.05) is 0 Å². The Kier molecular flexibility index (Phi) is 5.14. The fourth-order valence-corrected chi connectivity index (χ4v) is 1.79. The van der Waals surface area contributed by atoms with Gasteiger partial charge in [0.15, 0.2) is 0 Å². The van der Waals surface area contributed by atoms with Crippen LogP contribution in [0.1, 0.15) is 5.56 Å². The van der Waals surface area contributed by atoms with Crippen molar-refractivity contribution in [3.05, 3.63) is 58.9 Å². The van der Waals surface area contributed by atoms with Gasteiger partial charge in [-0.25, -0.2) is 4.39 Å². The quantitative estimate of drug-likeness (QED) is 0.834. The maximum absolute atomic E-state index is 13.4. The molecule has 4 nitrogen and oxygen atoms in total. The number of hydrogen-bond acceptors (Lipinski definition) is 3. The van der Waals surface area contributed by atoms with Crippen LogP contribution in [0.3, 0.4) is 0 Å². The van der Waals surface area contributed by atoms with Crippen molar-refractivity contribution in [2.45, 2.75) is 6.61 Å². The Balaban J connectivity index is 1.82. The number of anilines is 2. The third-order valence-electron chi connectivity index (χ3n) is 2.68. The molecule has 6 heteroatoms. The monoisotopic (exact) mass is 308 g/mol. The summed E-state index contributed by atoms with van der Waals surface area (Å²) < 4.78 is 18.7. The zero-order valence-corrected chi connectivity index (χ0v) is 11.9. The van der Waals surface area contributed by atoms with E-state index in [4.69, 9.17) is 22.1 Å². The molecule has 0 aromatic heterocycles. The number of nitrogens with two attached hydrogens (primary N) is 1. The molecular weight excluding hydrogens is 295 g/mol. The number of nitrogens with one attached hydrogen (secondary N) is 1. The van der Waals surface area contributed by atoms with E-state index >= 15 is 0 Å². The topological polar surface area (TPSA) is 64.3 Å². The van der Waals surface area contributed by atoms with Gasteiger partial charge in [-0.2, -0.15) is 0 Å². The van der Waals surface area contributed by atoms with Crippen LogP contribution in [0, 0.1) is 5.82 Å². The predicted molar refractivity (Wildman–Crippen MR) is 80.6 cm³/mol. The first-order valence-electron chi connectivity index (χ1n) is 6.21. The molecule has 2 rings (SSSR count). The van der Waals surface area contributed by atoms with Crippen molar-refractivity contribution in [3.8, 4) is 0 Å². The van der Waals surface area contributed by atoms with Gasteiger partial charge in [0.2, 0.25) is 5.91 Å². The highest BCUT2D eigenvalue weighted by Gasteiger charge is 2.07. The Labute approximate surface area is 126 Å². The average Bonchev–Trinajstić information content (AvgIpc) is 2.45. The summed E-state index contributed by atoms with van der Waals surface area (Å²) in [6.45, 7) is 0.0842. The molecule has 0 fully saturated rings. The second-order valence-electron chi connectivity index (χ2n) is 4.41. The predicted octanol–water partition coefficient (Wildman–Crippen LogP) is 3.22. The molecule has 0 aliphatic carbocycles. The first-order chi connectivity index (χ1) is 10.0. The Morgan fingerprint density at radius 1 is 1.24 bits per heavy atom. The number of halogens is 2. The third-order valence-corrected chi connectivity index (χ3v) is 2.93. The first-order valence-corrected chi connectivity index (χ1v) is 6.59. The lowest BCUT2D eigenvalue weighted by Gasteiger charge is -2.08. The summed E-state index contributed by atoms with van der Waals surface area (Å²) in [6, 6.07) is 11.1. The smallest absolute Gasteiger partial charge is 0.250 e. The molecule has 2 aromatic rings. The summed E-state index contributed by atoms with van der Waals surface area (Å²) in [5.74, 6) is -0.997. The lowest BCUT2D eigenvalue weighted by Crippen LogP contribution is -2.19. The Morgan fingerprint density at radius 2 is 1.95 bits per heavy atom. The molecule has 0 saturated carbocycles. The Hall–Kier alpha value is -2.11. The molecule has 21 heavy (non-hydrogen) atoms. The van der Waals surface area contributed by atoms with E-state index in [-0.39, 0.29) is 18.9 Å². The summed E-state index contributed by atoms with van der Waals surface area (Å²) in [4.78, 5) is 11.7. The number of nitrogen functional groups attached to an aromatic ring is 1. The molecule has 0 unspecified atom stereocenters. The molecule has 0 atom stereocenters. The maximum Gasteiger partial charge on any atom is 0.250 e. The number of carbonyl (C=O) groups excluding carboxylic acids is 1.